The molecule has 1 aromatic carbocycles. The maximum Gasteiger partial charge on any atom is 0.251 e. The summed E-state index contributed by atoms with van der Waals surface area (Å²) >= 11 is 3.41. The summed E-state index contributed by atoms with van der Waals surface area (Å²) in [5.41, 5.74) is 1.72. The van der Waals surface area contributed by atoms with Crippen molar-refractivity contribution in [3.8, 4) is 0 Å². The number of nitrogens with one attached hydrogen (secondary N) is 1. The Labute approximate surface area is 115 Å². The van der Waals surface area contributed by atoms with Crippen LogP contribution in [0.4, 0.5) is 0 Å². The van der Waals surface area contributed by atoms with Gasteiger partial charge in [-0.2, -0.15) is 0 Å². The molecule has 0 aromatic heterocycles. The number of hydrogen-bond acceptors (Lipinski definition) is 2. The smallest absolute Gasteiger partial charge is 0.251 e. The van der Waals surface area contributed by atoms with Crippen LogP contribution in [0.15, 0.2) is 22.7 Å². The van der Waals surface area contributed by atoms with E-state index in [4.69, 9.17) is 0 Å². The molecule has 0 radical (unpaired) electrons. The molecule has 0 aliphatic heterocycles. The third-order valence-corrected chi connectivity index (χ3v) is 4.19. The molecule has 1 aromatic rings. The summed E-state index contributed by atoms with van der Waals surface area (Å²) in [6.45, 7) is 1.96. The van der Waals surface area contributed by atoms with Gasteiger partial charge in [-0.3, -0.25) is 9.59 Å². The van der Waals surface area contributed by atoms with Gasteiger partial charge in [-0.15, -0.1) is 0 Å². The highest BCUT2D eigenvalue weighted by atomic mass is 79.9. The fraction of sp³-hybridized carbons (Fsp3) is 0.429. The van der Waals surface area contributed by atoms with Gasteiger partial charge >= 0.3 is 0 Å². The maximum atomic E-state index is 12.0. The highest BCUT2D eigenvalue weighted by Crippen LogP contribution is 2.18. The molecule has 96 valence electrons. The minimum Gasteiger partial charge on any atom is -0.349 e. The average Bonchev–Trinajstić information content (AvgIpc) is 2.35. The molecule has 18 heavy (non-hydrogen) atoms. The minimum atomic E-state index is -0.0510. The van der Waals surface area contributed by atoms with Crippen LogP contribution in [0.5, 0.6) is 0 Å². The summed E-state index contributed by atoms with van der Waals surface area (Å²) in [7, 11) is 0. The molecule has 1 N–H and O–H groups in total. The number of hydrogen-bond donors (Lipinski definition) is 1. The lowest BCUT2D eigenvalue weighted by molar-refractivity contribution is -0.120. The number of ketones is 1. The van der Waals surface area contributed by atoms with Crippen molar-refractivity contribution >= 4 is 27.6 Å². The summed E-state index contributed by atoms with van der Waals surface area (Å²) < 4.78 is 1.00. The molecule has 0 heterocycles. The second-order valence-corrected chi connectivity index (χ2v) is 5.60. The highest BCUT2D eigenvalue weighted by molar-refractivity contribution is 9.10. The van der Waals surface area contributed by atoms with E-state index in [0.29, 0.717) is 24.2 Å². The van der Waals surface area contributed by atoms with Gasteiger partial charge in [-0.1, -0.05) is 15.9 Å². The largest absolute Gasteiger partial charge is 0.349 e. The Morgan fingerprint density at radius 2 is 2.00 bits per heavy atom. The zero-order chi connectivity index (χ0) is 13.1. The molecule has 1 fully saturated rings. The van der Waals surface area contributed by atoms with Gasteiger partial charge < -0.3 is 5.32 Å². The van der Waals surface area contributed by atoms with Gasteiger partial charge in [0.05, 0.1) is 0 Å². The Morgan fingerprint density at radius 1 is 1.33 bits per heavy atom. The number of rotatable bonds is 2. The molecule has 0 atom stereocenters. The van der Waals surface area contributed by atoms with Crippen molar-refractivity contribution in [3.05, 3.63) is 33.8 Å². The lowest BCUT2D eigenvalue weighted by Crippen LogP contribution is -2.37. The van der Waals surface area contributed by atoms with Gasteiger partial charge in [-0.05, 0) is 43.5 Å². The summed E-state index contributed by atoms with van der Waals surface area (Å²) in [6.07, 6.45) is 2.70. The summed E-state index contributed by atoms with van der Waals surface area (Å²) in [5.74, 6) is 0.255. The first-order chi connectivity index (χ1) is 8.56. The molecule has 0 bridgehead atoms. The van der Waals surface area contributed by atoms with Crippen LogP contribution in [0.3, 0.4) is 0 Å². The van der Waals surface area contributed by atoms with E-state index in [-0.39, 0.29) is 11.9 Å². The van der Waals surface area contributed by atoms with Crippen LogP contribution in [-0.4, -0.2) is 17.7 Å². The second-order valence-electron chi connectivity index (χ2n) is 4.75. The first-order valence-electron chi connectivity index (χ1n) is 6.15. The van der Waals surface area contributed by atoms with Crippen LogP contribution in [0, 0.1) is 6.92 Å². The van der Waals surface area contributed by atoms with Crippen LogP contribution in [-0.2, 0) is 4.79 Å². The van der Waals surface area contributed by atoms with Crippen LogP contribution < -0.4 is 5.32 Å². The molecule has 1 aliphatic carbocycles. The number of Topliss-reactive ketones (excluding diaryl/α,β-unsaturated/α-hetero) is 1. The molecule has 0 unspecified atom stereocenters. The number of carbonyl (C=O) groups excluding carboxylic acids is 2. The van der Waals surface area contributed by atoms with E-state index < -0.39 is 0 Å². The van der Waals surface area contributed by atoms with Crippen molar-refractivity contribution in [2.75, 3.05) is 0 Å². The predicted octanol–water partition coefficient (Wildman–Crippen LogP) is 3.00. The van der Waals surface area contributed by atoms with Crippen LogP contribution >= 0.6 is 15.9 Å². The molecule has 1 amide bonds. The third-order valence-electron chi connectivity index (χ3n) is 3.30. The van der Waals surface area contributed by atoms with E-state index in [1.807, 2.05) is 19.1 Å². The van der Waals surface area contributed by atoms with E-state index in [9.17, 15) is 9.59 Å². The van der Waals surface area contributed by atoms with Crippen LogP contribution in [0.1, 0.15) is 41.6 Å². The van der Waals surface area contributed by atoms with E-state index in [1.54, 1.807) is 6.07 Å². The zero-order valence-electron chi connectivity index (χ0n) is 10.3. The van der Waals surface area contributed by atoms with Crippen molar-refractivity contribution in [1.29, 1.82) is 0 Å². The fourth-order valence-electron chi connectivity index (χ4n) is 2.14. The normalized spacial score (nSPS) is 16.7. The summed E-state index contributed by atoms with van der Waals surface area (Å²) in [6, 6.07) is 5.70. The highest BCUT2D eigenvalue weighted by Gasteiger charge is 2.20. The predicted molar refractivity (Wildman–Crippen MR) is 73.6 cm³/mol. The maximum absolute atomic E-state index is 12.0. The van der Waals surface area contributed by atoms with Gasteiger partial charge in [0.15, 0.2) is 0 Å². The van der Waals surface area contributed by atoms with Gasteiger partial charge in [0.2, 0.25) is 0 Å². The molecule has 0 saturated heterocycles. The SMILES string of the molecule is Cc1cc(C(=O)NC2CCC(=O)CC2)ccc1Br. The minimum absolute atomic E-state index is 0.0510. The van der Waals surface area contributed by atoms with Crippen molar-refractivity contribution in [1.82, 2.24) is 5.32 Å². The standard InChI is InChI=1S/C14H16BrNO2/c1-9-8-10(2-7-13(9)15)14(18)16-11-3-5-12(17)6-4-11/h2,7-8,11H,3-6H2,1H3,(H,16,18). The van der Waals surface area contributed by atoms with E-state index in [0.717, 1.165) is 22.9 Å². The quantitative estimate of drug-likeness (QED) is 0.913. The monoisotopic (exact) mass is 309 g/mol. The fourth-order valence-corrected chi connectivity index (χ4v) is 2.39. The molecule has 2 rings (SSSR count). The van der Waals surface area contributed by atoms with Crippen molar-refractivity contribution in [2.24, 2.45) is 0 Å². The number of aryl methyl sites for hydroxylation is 1. The first kappa shape index (κ1) is 13.3. The summed E-state index contributed by atoms with van der Waals surface area (Å²) in [4.78, 5) is 23.2. The lowest BCUT2D eigenvalue weighted by atomic mass is 9.94. The topological polar surface area (TPSA) is 46.2 Å². The molecule has 3 nitrogen and oxygen atoms in total. The third kappa shape index (κ3) is 3.19. The van der Waals surface area contributed by atoms with E-state index >= 15 is 0 Å². The molecule has 1 aliphatic rings. The Bertz CT molecular complexity index is 475. The van der Waals surface area contributed by atoms with E-state index in [1.165, 1.54) is 0 Å². The number of benzene rings is 1. The Hall–Kier alpha value is -1.16. The van der Waals surface area contributed by atoms with Crippen LogP contribution in [0.2, 0.25) is 0 Å². The molecular formula is C14H16BrNO2. The number of halogens is 1. The second kappa shape index (κ2) is 5.65. The van der Waals surface area contributed by atoms with Crippen molar-refractivity contribution in [3.63, 3.8) is 0 Å². The first-order valence-corrected chi connectivity index (χ1v) is 6.94. The number of amides is 1. The van der Waals surface area contributed by atoms with Gasteiger partial charge in [0.25, 0.3) is 5.91 Å². The van der Waals surface area contributed by atoms with E-state index in [2.05, 4.69) is 21.2 Å². The molecule has 0 spiro atoms. The zero-order valence-corrected chi connectivity index (χ0v) is 11.9. The molecular weight excluding hydrogens is 294 g/mol. The Kier molecular flexibility index (Phi) is 4.17. The molecule has 1 saturated carbocycles. The Balaban J connectivity index is 1.99. The van der Waals surface area contributed by atoms with Crippen molar-refractivity contribution < 1.29 is 9.59 Å². The summed E-state index contributed by atoms with van der Waals surface area (Å²) in [5, 5.41) is 3.00. The van der Waals surface area contributed by atoms with Gasteiger partial charge in [-0.25, -0.2) is 0 Å². The average molecular weight is 310 g/mol. The Morgan fingerprint density at radius 3 is 2.61 bits per heavy atom. The molecule has 4 heteroatoms. The van der Waals surface area contributed by atoms with Crippen molar-refractivity contribution in [2.45, 2.75) is 38.6 Å². The van der Waals surface area contributed by atoms with Gasteiger partial charge in [0.1, 0.15) is 5.78 Å². The number of carbonyl (C=O) groups is 2. The van der Waals surface area contributed by atoms with Gasteiger partial charge in [0, 0.05) is 28.9 Å². The van der Waals surface area contributed by atoms with Crippen LogP contribution in [0.25, 0.3) is 0 Å². The lowest BCUT2D eigenvalue weighted by Gasteiger charge is -2.22.